The number of aromatic amines is 1. The van der Waals surface area contributed by atoms with E-state index in [1.165, 1.54) is 0 Å². The van der Waals surface area contributed by atoms with Crippen LogP contribution in [0.5, 0.6) is 0 Å². The largest absolute Gasteiger partial charge is 0.480 e. The molecule has 0 spiro atoms. The summed E-state index contributed by atoms with van der Waals surface area (Å²) in [5.74, 6) is -4.13. The Morgan fingerprint density at radius 3 is 2.20 bits per heavy atom. The van der Waals surface area contributed by atoms with E-state index in [0.717, 1.165) is 16.5 Å². The lowest BCUT2D eigenvalue weighted by molar-refractivity contribution is -0.143. The Morgan fingerprint density at radius 1 is 0.950 bits per heavy atom. The Kier molecular flexibility index (Phi) is 12.1. The Hall–Kier alpha value is -3.93. The van der Waals surface area contributed by atoms with Crippen molar-refractivity contribution in [1.29, 1.82) is 0 Å². The number of primary amides is 1. The number of fused-ring (bicyclic) bond motifs is 1. The van der Waals surface area contributed by atoms with Gasteiger partial charge in [0.1, 0.15) is 18.1 Å². The Balaban J connectivity index is 2.17. The predicted molar refractivity (Wildman–Crippen MR) is 151 cm³/mol. The van der Waals surface area contributed by atoms with Crippen molar-refractivity contribution in [3.63, 3.8) is 0 Å². The average Bonchev–Trinajstić information content (AvgIpc) is 3.30. The third-order valence-corrected chi connectivity index (χ3v) is 6.88. The van der Waals surface area contributed by atoms with Crippen molar-refractivity contribution in [2.24, 2.45) is 23.3 Å². The van der Waals surface area contributed by atoms with E-state index >= 15 is 0 Å². The fourth-order valence-corrected chi connectivity index (χ4v) is 4.37. The maximum Gasteiger partial charge on any atom is 0.326 e. The van der Waals surface area contributed by atoms with E-state index in [-0.39, 0.29) is 37.5 Å². The molecule has 9 N–H and O–H groups in total. The first-order chi connectivity index (χ1) is 18.8. The zero-order valence-electron chi connectivity index (χ0n) is 23.5. The molecule has 1 heterocycles. The van der Waals surface area contributed by atoms with Crippen LogP contribution in [0.1, 0.15) is 58.9 Å². The lowest BCUT2D eigenvalue weighted by Gasteiger charge is -2.28. The van der Waals surface area contributed by atoms with Crippen LogP contribution in [0, 0.1) is 11.8 Å². The second-order valence-electron chi connectivity index (χ2n) is 10.6. The number of carboxylic acids is 1. The summed E-state index contributed by atoms with van der Waals surface area (Å²) in [6, 6.07) is 3.19. The van der Waals surface area contributed by atoms with Crippen LogP contribution in [0.2, 0.25) is 0 Å². The molecule has 5 atom stereocenters. The third-order valence-electron chi connectivity index (χ3n) is 6.88. The number of aliphatic carboxylic acids is 1. The summed E-state index contributed by atoms with van der Waals surface area (Å²) in [4.78, 5) is 65.7. The Morgan fingerprint density at radius 2 is 1.60 bits per heavy atom. The molecule has 2 aromatic rings. The predicted octanol–water partition coefficient (Wildman–Crippen LogP) is 0.934. The molecule has 0 radical (unpaired) electrons. The number of rotatable bonds is 16. The van der Waals surface area contributed by atoms with E-state index in [1.807, 2.05) is 45.0 Å². The topological polar surface area (TPSA) is 209 Å². The molecule has 0 aliphatic heterocycles. The van der Waals surface area contributed by atoms with Gasteiger partial charge in [0.25, 0.3) is 0 Å². The molecule has 2 rings (SSSR count). The van der Waals surface area contributed by atoms with Crippen molar-refractivity contribution >= 4 is 40.5 Å². The summed E-state index contributed by atoms with van der Waals surface area (Å²) in [5.41, 5.74) is 13.2. The summed E-state index contributed by atoms with van der Waals surface area (Å²) in [6.45, 7) is 7.25. The number of carbonyl (C=O) groups excluding carboxylic acids is 4. The number of H-pyrrole nitrogens is 1. The molecule has 5 unspecified atom stereocenters. The molecule has 40 heavy (non-hydrogen) atoms. The van der Waals surface area contributed by atoms with Crippen LogP contribution in [0.25, 0.3) is 10.9 Å². The zero-order valence-corrected chi connectivity index (χ0v) is 23.5. The van der Waals surface area contributed by atoms with Gasteiger partial charge in [-0.25, -0.2) is 4.79 Å². The zero-order chi connectivity index (χ0) is 30.0. The molecule has 0 aliphatic rings. The van der Waals surface area contributed by atoms with Gasteiger partial charge in [-0.15, -0.1) is 0 Å². The smallest absolute Gasteiger partial charge is 0.326 e. The number of aromatic nitrogens is 1. The van der Waals surface area contributed by atoms with E-state index in [4.69, 9.17) is 11.5 Å². The van der Waals surface area contributed by atoms with Crippen molar-refractivity contribution in [2.45, 2.75) is 84.0 Å². The summed E-state index contributed by atoms with van der Waals surface area (Å²) in [7, 11) is 0. The van der Waals surface area contributed by atoms with Crippen LogP contribution in [0.4, 0.5) is 0 Å². The fraction of sp³-hybridized carbons (Fsp3) is 0.536. The highest BCUT2D eigenvalue weighted by Crippen LogP contribution is 2.19. The monoisotopic (exact) mass is 558 g/mol. The first-order valence-electron chi connectivity index (χ1n) is 13.6. The van der Waals surface area contributed by atoms with Gasteiger partial charge in [-0.1, -0.05) is 52.3 Å². The van der Waals surface area contributed by atoms with Crippen LogP contribution >= 0.6 is 0 Å². The molecule has 12 heteroatoms. The van der Waals surface area contributed by atoms with Gasteiger partial charge < -0.3 is 37.5 Å². The SMILES string of the molecule is CCC(C)C(NC(=O)C(CCC(N)=O)NC(=O)C(N)Cc1c[nH]c2ccccc12)C(=O)NC(CC(C)C)C(=O)O. The first-order valence-corrected chi connectivity index (χ1v) is 13.6. The maximum absolute atomic E-state index is 13.3. The highest BCUT2D eigenvalue weighted by atomic mass is 16.4. The molecule has 4 amide bonds. The van der Waals surface area contributed by atoms with E-state index in [2.05, 4.69) is 20.9 Å². The molecular weight excluding hydrogens is 516 g/mol. The Labute approximate surface area is 234 Å². The molecular formula is C28H42N6O6. The number of nitrogens with one attached hydrogen (secondary N) is 4. The minimum atomic E-state index is -1.20. The normalized spacial score (nSPS) is 15.1. The number of para-hydroxylation sites is 1. The van der Waals surface area contributed by atoms with Crippen molar-refractivity contribution < 1.29 is 29.1 Å². The molecule has 0 aliphatic carbocycles. The van der Waals surface area contributed by atoms with Crippen LogP contribution in [-0.2, 0) is 30.4 Å². The van der Waals surface area contributed by atoms with Gasteiger partial charge in [-0.3, -0.25) is 19.2 Å². The van der Waals surface area contributed by atoms with Gasteiger partial charge in [0.2, 0.25) is 23.6 Å². The van der Waals surface area contributed by atoms with Crippen molar-refractivity contribution in [3.05, 3.63) is 36.0 Å². The van der Waals surface area contributed by atoms with Crippen LogP contribution in [-0.4, -0.2) is 63.9 Å². The van der Waals surface area contributed by atoms with Crippen molar-refractivity contribution in [1.82, 2.24) is 20.9 Å². The number of hydrogen-bond donors (Lipinski definition) is 7. The van der Waals surface area contributed by atoms with E-state index < -0.39 is 53.8 Å². The lowest BCUT2D eigenvalue weighted by Crippen LogP contribution is -2.59. The van der Waals surface area contributed by atoms with Gasteiger partial charge in [0, 0.05) is 23.5 Å². The highest BCUT2D eigenvalue weighted by molar-refractivity contribution is 5.94. The average molecular weight is 559 g/mol. The number of carbonyl (C=O) groups is 5. The minimum Gasteiger partial charge on any atom is -0.480 e. The maximum atomic E-state index is 13.3. The molecule has 1 aromatic carbocycles. The molecule has 0 bridgehead atoms. The molecule has 12 nitrogen and oxygen atoms in total. The molecule has 0 saturated heterocycles. The minimum absolute atomic E-state index is 0.0138. The molecule has 1 aromatic heterocycles. The van der Waals surface area contributed by atoms with Crippen LogP contribution < -0.4 is 27.4 Å². The van der Waals surface area contributed by atoms with Crippen LogP contribution in [0.15, 0.2) is 30.5 Å². The fourth-order valence-electron chi connectivity index (χ4n) is 4.37. The molecule has 220 valence electrons. The summed E-state index contributed by atoms with van der Waals surface area (Å²) >= 11 is 0. The van der Waals surface area contributed by atoms with Gasteiger partial charge in [0.15, 0.2) is 0 Å². The standard InChI is InChI=1S/C28H42N6O6/c1-5-16(4)24(27(38)33-22(28(39)40)12-15(2)3)34-26(37)21(10-11-23(30)35)32-25(36)19(29)13-17-14-31-20-9-7-6-8-18(17)20/h6-9,14-16,19,21-22,24,31H,5,10-13,29H2,1-4H3,(H2,30,35)(H,32,36)(H,33,38)(H,34,37)(H,39,40). The number of nitrogens with two attached hydrogens (primary N) is 2. The number of benzene rings is 1. The number of hydrogen-bond acceptors (Lipinski definition) is 6. The number of amides is 4. The second kappa shape index (κ2) is 15.0. The van der Waals surface area contributed by atoms with Crippen molar-refractivity contribution in [3.8, 4) is 0 Å². The molecule has 0 fully saturated rings. The Bertz CT molecular complexity index is 1190. The van der Waals surface area contributed by atoms with Gasteiger partial charge in [-0.2, -0.15) is 0 Å². The third kappa shape index (κ3) is 9.37. The lowest BCUT2D eigenvalue weighted by atomic mass is 9.96. The van der Waals surface area contributed by atoms with E-state index in [0.29, 0.717) is 6.42 Å². The quantitative estimate of drug-likeness (QED) is 0.158. The van der Waals surface area contributed by atoms with Gasteiger partial charge >= 0.3 is 5.97 Å². The van der Waals surface area contributed by atoms with E-state index in [9.17, 15) is 29.1 Å². The summed E-state index contributed by atoms with van der Waals surface area (Å²) in [6.07, 6.45) is 2.40. The van der Waals surface area contributed by atoms with Crippen molar-refractivity contribution in [2.75, 3.05) is 0 Å². The summed E-state index contributed by atoms with van der Waals surface area (Å²) < 4.78 is 0. The number of carboxylic acid groups (broad SMARTS) is 1. The summed E-state index contributed by atoms with van der Waals surface area (Å²) in [5, 5.41) is 18.2. The van der Waals surface area contributed by atoms with Gasteiger partial charge in [-0.05, 0) is 42.7 Å². The highest BCUT2D eigenvalue weighted by Gasteiger charge is 2.33. The van der Waals surface area contributed by atoms with E-state index in [1.54, 1.807) is 13.1 Å². The van der Waals surface area contributed by atoms with Crippen LogP contribution in [0.3, 0.4) is 0 Å². The second-order valence-corrected chi connectivity index (χ2v) is 10.6. The first kappa shape index (κ1) is 32.3. The van der Waals surface area contributed by atoms with Gasteiger partial charge in [0.05, 0.1) is 6.04 Å². The molecule has 0 saturated carbocycles.